The number of alkyl halides is 3. The van der Waals surface area contributed by atoms with Gasteiger partial charge in [0.2, 0.25) is 5.91 Å². The summed E-state index contributed by atoms with van der Waals surface area (Å²) >= 11 is 0. The molecule has 1 aliphatic heterocycles. The van der Waals surface area contributed by atoms with Crippen LogP contribution in [0, 0.1) is 5.92 Å². The van der Waals surface area contributed by atoms with Crippen molar-refractivity contribution in [2.24, 2.45) is 5.92 Å². The Morgan fingerprint density at radius 1 is 1.22 bits per heavy atom. The highest BCUT2D eigenvalue weighted by Gasteiger charge is 2.47. The van der Waals surface area contributed by atoms with Gasteiger partial charge in [0.1, 0.15) is 5.82 Å². The van der Waals surface area contributed by atoms with E-state index in [1.54, 1.807) is 6.07 Å². The first kappa shape index (κ1) is 22.6. The maximum absolute atomic E-state index is 13.9. The molecular formula is C24H29F3N4O. The number of likely N-dealkylation sites (tertiary alicyclic amines) is 1. The molecule has 2 aromatic rings. The number of nitrogens with one attached hydrogen (secondary N) is 1. The molecule has 1 saturated heterocycles. The second kappa shape index (κ2) is 8.06. The van der Waals surface area contributed by atoms with Crippen molar-refractivity contribution in [2.75, 3.05) is 32.5 Å². The largest absolute Gasteiger partial charge is 0.413 e. The third-order valence-corrected chi connectivity index (χ3v) is 6.89. The van der Waals surface area contributed by atoms with Crippen LogP contribution >= 0.6 is 0 Å². The van der Waals surface area contributed by atoms with Gasteiger partial charge in [0, 0.05) is 43.4 Å². The van der Waals surface area contributed by atoms with Crippen molar-refractivity contribution in [1.29, 1.82) is 0 Å². The van der Waals surface area contributed by atoms with Gasteiger partial charge >= 0.3 is 6.18 Å². The molecule has 0 radical (unpaired) electrons. The van der Waals surface area contributed by atoms with Crippen molar-refractivity contribution < 1.29 is 18.0 Å². The molecule has 4 rings (SSSR count). The van der Waals surface area contributed by atoms with Crippen molar-refractivity contribution in [3.8, 4) is 0 Å². The predicted molar refractivity (Wildman–Crippen MR) is 117 cm³/mol. The number of pyridine rings is 1. The molecule has 2 heterocycles. The highest BCUT2D eigenvalue weighted by Crippen LogP contribution is 2.41. The third-order valence-electron chi connectivity index (χ3n) is 6.89. The zero-order valence-electron chi connectivity index (χ0n) is 18.8. The first-order valence-corrected chi connectivity index (χ1v) is 10.8. The Balaban J connectivity index is 1.51. The Bertz CT molecular complexity index is 983. The Morgan fingerprint density at radius 3 is 2.47 bits per heavy atom. The molecule has 0 saturated carbocycles. The maximum atomic E-state index is 13.9. The Morgan fingerprint density at radius 2 is 1.91 bits per heavy atom. The molecule has 1 fully saturated rings. The van der Waals surface area contributed by atoms with Crippen LogP contribution in [0.25, 0.3) is 0 Å². The molecule has 8 heteroatoms. The van der Waals surface area contributed by atoms with Gasteiger partial charge in [-0.2, -0.15) is 13.2 Å². The van der Waals surface area contributed by atoms with Crippen LogP contribution in [0.1, 0.15) is 36.6 Å². The number of hydrogen-bond donors (Lipinski definition) is 1. The molecule has 1 aliphatic carbocycles. The molecule has 2 aliphatic rings. The summed E-state index contributed by atoms with van der Waals surface area (Å²) in [7, 11) is 3.06. The summed E-state index contributed by atoms with van der Waals surface area (Å²) in [6.07, 6.45) is -2.54. The van der Waals surface area contributed by atoms with E-state index in [0.717, 1.165) is 11.3 Å². The number of halogens is 3. The molecule has 2 unspecified atom stereocenters. The third kappa shape index (κ3) is 4.08. The van der Waals surface area contributed by atoms with E-state index in [4.69, 9.17) is 0 Å². The van der Waals surface area contributed by atoms with Crippen molar-refractivity contribution in [3.05, 3.63) is 59.3 Å². The fourth-order valence-electron chi connectivity index (χ4n) is 4.95. The van der Waals surface area contributed by atoms with Gasteiger partial charge in [-0.15, -0.1) is 0 Å². The minimum absolute atomic E-state index is 0.0412. The highest BCUT2D eigenvalue weighted by molar-refractivity contribution is 5.80. The van der Waals surface area contributed by atoms with Crippen LogP contribution in [0.5, 0.6) is 0 Å². The van der Waals surface area contributed by atoms with E-state index in [9.17, 15) is 18.0 Å². The number of fused-ring (bicyclic) bond motifs is 1. The van der Waals surface area contributed by atoms with Crippen LogP contribution < -0.4 is 5.32 Å². The molecule has 1 N–H and O–H groups in total. The summed E-state index contributed by atoms with van der Waals surface area (Å²) < 4.78 is 41.7. The first-order valence-electron chi connectivity index (χ1n) is 10.8. The highest BCUT2D eigenvalue weighted by atomic mass is 19.4. The average molecular weight is 447 g/mol. The molecule has 1 aromatic carbocycles. The molecule has 5 nitrogen and oxygen atoms in total. The lowest BCUT2D eigenvalue weighted by Crippen LogP contribution is -2.53. The van der Waals surface area contributed by atoms with Gasteiger partial charge < -0.3 is 15.1 Å². The number of aromatic nitrogens is 1. The number of hydrogen-bond acceptors (Lipinski definition) is 4. The number of carbonyl (C=O) groups excluding carboxylic acids is 1. The van der Waals surface area contributed by atoms with Crippen LogP contribution in [0.15, 0.2) is 42.6 Å². The van der Waals surface area contributed by atoms with Crippen LogP contribution in [0.2, 0.25) is 0 Å². The normalized spacial score (nSPS) is 21.5. The van der Waals surface area contributed by atoms with E-state index in [0.29, 0.717) is 18.9 Å². The second-order valence-corrected chi connectivity index (χ2v) is 9.57. The predicted octanol–water partition coefficient (Wildman–Crippen LogP) is 4.02. The summed E-state index contributed by atoms with van der Waals surface area (Å²) in [5.74, 6) is -0.358. The van der Waals surface area contributed by atoms with Gasteiger partial charge in [0.25, 0.3) is 0 Å². The lowest BCUT2D eigenvalue weighted by molar-refractivity contribution is -0.192. The van der Waals surface area contributed by atoms with Crippen molar-refractivity contribution in [2.45, 2.75) is 43.9 Å². The van der Waals surface area contributed by atoms with Gasteiger partial charge in [-0.25, -0.2) is 4.98 Å². The van der Waals surface area contributed by atoms with E-state index in [2.05, 4.69) is 36.3 Å². The van der Waals surface area contributed by atoms with E-state index in [1.807, 2.05) is 24.1 Å². The summed E-state index contributed by atoms with van der Waals surface area (Å²) in [6, 6.07) is 9.31. The lowest BCUT2D eigenvalue weighted by Gasteiger charge is -2.39. The minimum Gasteiger partial charge on any atom is -0.366 e. The number of amides is 1. The van der Waals surface area contributed by atoms with Crippen molar-refractivity contribution >= 4 is 11.7 Å². The topological polar surface area (TPSA) is 48.5 Å². The monoisotopic (exact) mass is 446 g/mol. The fourth-order valence-corrected chi connectivity index (χ4v) is 4.95. The summed E-state index contributed by atoms with van der Waals surface area (Å²) in [5, 5.41) is 3.40. The van der Waals surface area contributed by atoms with Crippen molar-refractivity contribution in [3.63, 3.8) is 0 Å². The van der Waals surface area contributed by atoms with Crippen LogP contribution in [-0.2, 0) is 16.6 Å². The number of nitrogens with zero attached hydrogens (tertiary/aromatic N) is 3. The molecule has 1 aromatic heterocycles. The van der Waals surface area contributed by atoms with E-state index in [-0.39, 0.29) is 17.0 Å². The maximum Gasteiger partial charge on any atom is 0.413 e. The van der Waals surface area contributed by atoms with E-state index >= 15 is 0 Å². The molecule has 0 bridgehead atoms. The molecule has 0 spiro atoms. The molecular weight excluding hydrogens is 417 g/mol. The fraction of sp³-hybridized carbons (Fsp3) is 0.500. The van der Waals surface area contributed by atoms with Gasteiger partial charge in [-0.3, -0.25) is 4.79 Å². The lowest BCUT2D eigenvalue weighted by atomic mass is 9.83. The zero-order chi connectivity index (χ0) is 23.3. The number of carbonyl (C=O) groups is 1. The Labute approximate surface area is 186 Å². The van der Waals surface area contributed by atoms with Gasteiger partial charge in [-0.05, 0) is 30.7 Å². The van der Waals surface area contributed by atoms with Crippen LogP contribution in [-0.4, -0.2) is 60.1 Å². The van der Waals surface area contributed by atoms with Gasteiger partial charge in [-0.1, -0.05) is 44.2 Å². The Hall–Kier alpha value is -2.61. The second-order valence-electron chi connectivity index (χ2n) is 9.57. The smallest absolute Gasteiger partial charge is 0.366 e. The minimum atomic E-state index is -4.59. The van der Waals surface area contributed by atoms with Crippen LogP contribution in [0.3, 0.4) is 0 Å². The number of benzene rings is 1. The molecule has 172 valence electrons. The van der Waals surface area contributed by atoms with E-state index < -0.39 is 24.0 Å². The van der Waals surface area contributed by atoms with E-state index in [1.165, 1.54) is 30.4 Å². The molecule has 1 amide bonds. The van der Waals surface area contributed by atoms with Gasteiger partial charge in [0.05, 0.1) is 5.92 Å². The summed E-state index contributed by atoms with van der Waals surface area (Å²) in [6.45, 7) is 5.27. The average Bonchev–Trinajstić information content (AvgIpc) is 2.95. The summed E-state index contributed by atoms with van der Waals surface area (Å²) in [5.41, 5.74) is 2.37. The Kier molecular flexibility index (Phi) is 5.69. The van der Waals surface area contributed by atoms with Gasteiger partial charge in [0.15, 0.2) is 6.04 Å². The summed E-state index contributed by atoms with van der Waals surface area (Å²) in [4.78, 5) is 19.6. The number of rotatable bonds is 5. The number of anilines is 1. The first-order chi connectivity index (χ1) is 15.0. The standard InChI is InChI=1S/C24H29F3N4O/c1-23(2)18-8-6-5-7-15(18)11-19(23)29-20-10-9-16(12-28-20)21(24(25,26)27)31(4)22(32)17-13-30(3)14-17/h5-10,12,17,19,21H,11,13-14H2,1-4H3,(H,28,29). The molecule has 2 atom stereocenters. The zero-order valence-corrected chi connectivity index (χ0v) is 18.8. The van der Waals surface area contributed by atoms with Crippen molar-refractivity contribution in [1.82, 2.24) is 14.8 Å². The quantitative estimate of drug-likeness (QED) is 0.754. The van der Waals surface area contributed by atoms with Crippen LogP contribution in [0.4, 0.5) is 19.0 Å². The SMILES string of the molecule is CN1CC(C(=O)N(C)C(c2ccc(NC3Cc4ccccc4C3(C)C)nc2)C(F)(F)F)C1. The molecule has 32 heavy (non-hydrogen) atoms.